The van der Waals surface area contributed by atoms with Crippen molar-refractivity contribution in [3.63, 3.8) is 0 Å². The zero-order chi connectivity index (χ0) is 14.9. The van der Waals surface area contributed by atoms with Gasteiger partial charge in [-0.1, -0.05) is 23.2 Å². The molecule has 6 heteroatoms. The summed E-state index contributed by atoms with van der Waals surface area (Å²) >= 11 is 11.7. The van der Waals surface area contributed by atoms with Gasteiger partial charge in [0.1, 0.15) is 11.5 Å². The molecular weight excluding hydrogens is 302 g/mol. The first-order valence-corrected chi connectivity index (χ1v) is 6.72. The lowest BCUT2D eigenvalue weighted by Crippen LogP contribution is -2.28. The third-order valence-corrected chi connectivity index (χ3v) is 3.65. The number of amides is 1. The molecule has 0 saturated heterocycles. The summed E-state index contributed by atoms with van der Waals surface area (Å²) in [5.74, 6) is -0.817. The molecule has 2 aromatic rings. The summed E-state index contributed by atoms with van der Waals surface area (Å²) in [6, 6.07) is 5.61. The predicted molar refractivity (Wildman–Crippen MR) is 77.7 cm³/mol. The van der Waals surface area contributed by atoms with Crippen LogP contribution in [0, 0.1) is 5.82 Å². The van der Waals surface area contributed by atoms with Crippen LogP contribution in [0.5, 0.6) is 0 Å². The number of carbonyl (C=O) groups excluding carboxylic acids is 1. The van der Waals surface area contributed by atoms with E-state index in [2.05, 4.69) is 5.32 Å². The van der Waals surface area contributed by atoms with Gasteiger partial charge in [0, 0.05) is 18.3 Å². The van der Waals surface area contributed by atoms with Crippen molar-refractivity contribution in [1.82, 2.24) is 9.88 Å². The molecular formula is C14H13Cl2FN2O. The highest BCUT2D eigenvalue weighted by molar-refractivity contribution is 6.35. The van der Waals surface area contributed by atoms with Crippen molar-refractivity contribution in [3.8, 4) is 0 Å². The molecule has 3 nitrogen and oxygen atoms in total. The minimum atomic E-state index is -0.564. The first kappa shape index (κ1) is 14.9. The van der Waals surface area contributed by atoms with Gasteiger partial charge in [-0.25, -0.2) is 4.39 Å². The van der Waals surface area contributed by atoms with Gasteiger partial charge in [0.05, 0.1) is 11.1 Å². The van der Waals surface area contributed by atoms with Gasteiger partial charge >= 0.3 is 0 Å². The van der Waals surface area contributed by atoms with Gasteiger partial charge in [0.15, 0.2) is 0 Å². The lowest BCUT2D eigenvalue weighted by molar-refractivity contribution is 0.0931. The van der Waals surface area contributed by atoms with Crippen LogP contribution in [0.15, 0.2) is 30.5 Å². The molecule has 0 unspecified atom stereocenters. The van der Waals surface area contributed by atoms with E-state index in [9.17, 15) is 9.18 Å². The van der Waals surface area contributed by atoms with Crippen LogP contribution in [-0.2, 0) is 7.05 Å². The Morgan fingerprint density at radius 2 is 2.05 bits per heavy atom. The minimum absolute atomic E-state index is 0.0419. The average Bonchev–Trinajstić information content (AvgIpc) is 2.80. The van der Waals surface area contributed by atoms with Gasteiger partial charge in [0.2, 0.25) is 0 Å². The molecule has 106 valence electrons. The second kappa shape index (κ2) is 5.85. The van der Waals surface area contributed by atoms with E-state index in [0.29, 0.717) is 16.3 Å². The molecule has 0 bridgehead atoms. The Morgan fingerprint density at radius 1 is 1.35 bits per heavy atom. The van der Waals surface area contributed by atoms with E-state index in [-0.39, 0.29) is 10.9 Å². The zero-order valence-corrected chi connectivity index (χ0v) is 12.5. The first-order valence-electron chi connectivity index (χ1n) is 5.96. The van der Waals surface area contributed by atoms with Gasteiger partial charge < -0.3 is 9.88 Å². The molecule has 1 aromatic carbocycles. The number of carbonyl (C=O) groups is 1. The largest absolute Gasteiger partial charge is 0.347 e. The lowest BCUT2D eigenvalue weighted by Gasteiger charge is -2.16. The van der Waals surface area contributed by atoms with Crippen LogP contribution in [-0.4, -0.2) is 10.5 Å². The molecule has 0 aliphatic heterocycles. The number of nitrogens with zero attached hydrogens (tertiary/aromatic N) is 1. The van der Waals surface area contributed by atoms with Crippen molar-refractivity contribution < 1.29 is 9.18 Å². The zero-order valence-electron chi connectivity index (χ0n) is 11.0. The Labute approximate surface area is 126 Å². The number of halogens is 3. The molecule has 0 radical (unpaired) electrons. The van der Waals surface area contributed by atoms with E-state index in [1.807, 2.05) is 0 Å². The summed E-state index contributed by atoms with van der Waals surface area (Å²) in [5.41, 5.74) is 0.999. The number of benzene rings is 1. The normalized spacial score (nSPS) is 12.2. The third-order valence-electron chi connectivity index (χ3n) is 3.03. The Kier molecular flexibility index (Phi) is 4.35. The van der Waals surface area contributed by atoms with Crippen molar-refractivity contribution in [1.29, 1.82) is 0 Å². The van der Waals surface area contributed by atoms with Gasteiger partial charge in [-0.3, -0.25) is 4.79 Å². The first-order chi connectivity index (χ1) is 9.40. The van der Waals surface area contributed by atoms with E-state index in [0.717, 1.165) is 0 Å². The van der Waals surface area contributed by atoms with E-state index in [1.54, 1.807) is 36.9 Å². The van der Waals surface area contributed by atoms with Gasteiger partial charge in [-0.2, -0.15) is 0 Å². The van der Waals surface area contributed by atoms with Gasteiger partial charge in [0.25, 0.3) is 5.91 Å². The molecule has 0 aliphatic rings. The predicted octanol–water partition coefficient (Wildman–Crippen LogP) is 3.96. The quantitative estimate of drug-likeness (QED) is 0.855. The van der Waals surface area contributed by atoms with Crippen molar-refractivity contribution in [2.75, 3.05) is 0 Å². The number of aryl methyl sites for hydroxylation is 1. The molecule has 1 amide bonds. The van der Waals surface area contributed by atoms with Crippen LogP contribution in [0.1, 0.15) is 29.0 Å². The minimum Gasteiger partial charge on any atom is -0.347 e. The lowest BCUT2D eigenvalue weighted by atomic mass is 10.1. The number of hydrogen-bond donors (Lipinski definition) is 1. The molecule has 1 atom stereocenters. The Hall–Kier alpha value is -1.52. The highest BCUT2D eigenvalue weighted by Crippen LogP contribution is 2.28. The number of nitrogens with one attached hydrogen (secondary N) is 1. The molecule has 0 saturated carbocycles. The van der Waals surface area contributed by atoms with Crippen molar-refractivity contribution in [2.24, 2.45) is 7.05 Å². The van der Waals surface area contributed by atoms with Crippen LogP contribution in [0.3, 0.4) is 0 Å². The second-order valence-corrected chi connectivity index (χ2v) is 5.30. The summed E-state index contributed by atoms with van der Waals surface area (Å²) < 4.78 is 15.2. The molecule has 0 aliphatic carbocycles. The summed E-state index contributed by atoms with van der Waals surface area (Å²) in [7, 11) is 1.77. The van der Waals surface area contributed by atoms with E-state index >= 15 is 0 Å². The summed E-state index contributed by atoms with van der Waals surface area (Å²) in [6.07, 6.45) is 1.77. The van der Waals surface area contributed by atoms with E-state index in [1.165, 1.54) is 12.1 Å². The SMILES string of the molecule is C[C@H](NC(=O)c1cccn1C)c1cc(F)c(Cl)cc1Cl. The van der Waals surface area contributed by atoms with Crippen LogP contribution < -0.4 is 5.32 Å². The molecule has 1 aromatic heterocycles. The highest BCUT2D eigenvalue weighted by Gasteiger charge is 2.17. The maximum absolute atomic E-state index is 13.5. The average molecular weight is 315 g/mol. The van der Waals surface area contributed by atoms with Crippen LogP contribution >= 0.6 is 23.2 Å². The Balaban J connectivity index is 2.21. The molecule has 0 spiro atoms. The second-order valence-electron chi connectivity index (χ2n) is 4.49. The van der Waals surface area contributed by atoms with Crippen LogP contribution in [0.4, 0.5) is 4.39 Å². The molecule has 1 heterocycles. The maximum Gasteiger partial charge on any atom is 0.268 e. The van der Waals surface area contributed by atoms with E-state index in [4.69, 9.17) is 23.2 Å². The summed E-state index contributed by atoms with van der Waals surface area (Å²) in [6.45, 7) is 1.73. The summed E-state index contributed by atoms with van der Waals surface area (Å²) in [4.78, 5) is 12.1. The Morgan fingerprint density at radius 3 is 2.65 bits per heavy atom. The fourth-order valence-electron chi connectivity index (χ4n) is 1.92. The topological polar surface area (TPSA) is 34.0 Å². The molecule has 2 rings (SSSR count). The number of hydrogen-bond acceptors (Lipinski definition) is 1. The molecule has 0 fully saturated rings. The Bertz CT molecular complexity index is 655. The highest BCUT2D eigenvalue weighted by atomic mass is 35.5. The standard InChI is InChI=1S/C14H13Cl2FN2O/c1-8(9-6-12(17)11(16)7-10(9)15)18-14(20)13-4-3-5-19(13)2/h3-8H,1-2H3,(H,18,20)/t8-/m0/s1. The molecule has 20 heavy (non-hydrogen) atoms. The van der Waals surface area contributed by atoms with Crippen LogP contribution in [0.25, 0.3) is 0 Å². The van der Waals surface area contributed by atoms with Crippen molar-refractivity contribution in [3.05, 3.63) is 57.6 Å². The smallest absolute Gasteiger partial charge is 0.268 e. The summed E-state index contributed by atoms with van der Waals surface area (Å²) in [5, 5.41) is 3.05. The third kappa shape index (κ3) is 2.97. The van der Waals surface area contributed by atoms with Crippen molar-refractivity contribution in [2.45, 2.75) is 13.0 Å². The maximum atomic E-state index is 13.5. The van der Waals surface area contributed by atoms with Gasteiger partial charge in [-0.05, 0) is 36.8 Å². The number of aromatic nitrogens is 1. The van der Waals surface area contributed by atoms with E-state index < -0.39 is 11.9 Å². The number of rotatable bonds is 3. The van der Waals surface area contributed by atoms with Gasteiger partial charge in [-0.15, -0.1) is 0 Å². The molecule has 1 N–H and O–H groups in total. The fourth-order valence-corrected chi connectivity index (χ4v) is 2.46. The van der Waals surface area contributed by atoms with Crippen molar-refractivity contribution >= 4 is 29.1 Å². The fraction of sp³-hybridized carbons (Fsp3) is 0.214. The monoisotopic (exact) mass is 314 g/mol. The van der Waals surface area contributed by atoms with Crippen LogP contribution in [0.2, 0.25) is 10.0 Å².